The molecule has 45 heavy (non-hydrogen) atoms. The number of sulfone groups is 1. The zero-order valence-corrected chi connectivity index (χ0v) is 26.5. The minimum Gasteiger partial charge on any atom is -0.378 e. The molecule has 2 aromatic heterocycles. The van der Waals surface area contributed by atoms with Crippen LogP contribution in [0.15, 0.2) is 36.7 Å². The Morgan fingerprint density at radius 2 is 1.91 bits per heavy atom. The molecule has 2 aliphatic heterocycles. The van der Waals surface area contributed by atoms with Crippen molar-refractivity contribution in [2.24, 2.45) is 5.92 Å². The smallest absolute Gasteiger partial charge is 0.296 e. The molecule has 0 spiro atoms. The molecule has 11 nitrogen and oxygen atoms in total. The molecule has 2 N–H and O–H groups in total. The van der Waals surface area contributed by atoms with Gasteiger partial charge in [0.2, 0.25) is 5.95 Å². The molecule has 13 heteroatoms. The predicted molar refractivity (Wildman–Crippen MR) is 172 cm³/mol. The minimum atomic E-state index is -3.05. The van der Waals surface area contributed by atoms with Crippen molar-refractivity contribution in [2.45, 2.75) is 50.4 Å². The van der Waals surface area contributed by atoms with Crippen LogP contribution < -0.4 is 20.4 Å². The number of carbonyl (C=O) groups excluding carboxylic acids is 1. The molecule has 0 bridgehead atoms. The third-order valence-corrected chi connectivity index (χ3v) is 10.0. The fourth-order valence-electron chi connectivity index (χ4n) is 6.61. The number of piperidine rings is 1. The summed E-state index contributed by atoms with van der Waals surface area (Å²) in [6.07, 6.45) is 5.55. The van der Waals surface area contributed by atoms with Gasteiger partial charge in [0.15, 0.2) is 0 Å². The number of rotatable bonds is 9. The number of methoxy groups -OCH3 is 1. The number of nitrogens with one attached hydrogen (secondary N) is 2. The summed E-state index contributed by atoms with van der Waals surface area (Å²) in [5.74, 6) is 6.89. The lowest BCUT2D eigenvalue weighted by molar-refractivity contribution is -0.117. The predicted octanol–water partition coefficient (Wildman–Crippen LogP) is 3.20. The van der Waals surface area contributed by atoms with Crippen LogP contribution in [0.2, 0.25) is 0 Å². The maximum absolute atomic E-state index is 14.6. The van der Waals surface area contributed by atoms with Crippen molar-refractivity contribution in [3.8, 4) is 11.8 Å². The molecular formula is C32H38FN7O4S. The third kappa shape index (κ3) is 6.82. The molecule has 2 saturated heterocycles. The number of aromatic nitrogens is 3. The number of benzene rings is 1. The van der Waals surface area contributed by atoms with E-state index in [0.717, 1.165) is 34.9 Å². The third-order valence-electron chi connectivity index (χ3n) is 8.94. The van der Waals surface area contributed by atoms with E-state index in [0.29, 0.717) is 43.6 Å². The second kappa shape index (κ2) is 12.8. The van der Waals surface area contributed by atoms with Crippen LogP contribution in [-0.2, 0) is 19.4 Å². The van der Waals surface area contributed by atoms with Crippen molar-refractivity contribution in [1.29, 1.82) is 0 Å². The van der Waals surface area contributed by atoms with Crippen LogP contribution in [0.3, 0.4) is 0 Å². The van der Waals surface area contributed by atoms with Crippen LogP contribution in [0.1, 0.15) is 37.7 Å². The number of fused-ring (bicyclic) bond motifs is 1. The highest BCUT2D eigenvalue weighted by molar-refractivity contribution is 7.90. The van der Waals surface area contributed by atoms with E-state index in [1.807, 2.05) is 17.2 Å². The van der Waals surface area contributed by atoms with E-state index in [1.54, 1.807) is 19.2 Å². The van der Waals surface area contributed by atoms with Gasteiger partial charge in [-0.05, 0) is 61.3 Å². The molecular weight excluding hydrogens is 597 g/mol. The lowest BCUT2D eigenvalue weighted by atomic mass is 9.73. The Balaban J connectivity index is 1.28. The highest BCUT2D eigenvalue weighted by Crippen LogP contribution is 2.43. The fourth-order valence-corrected chi connectivity index (χ4v) is 7.68. The Bertz CT molecular complexity index is 1760. The zero-order valence-electron chi connectivity index (χ0n) is 25.7. The molecule has 1 aliphatic carbocycles. The number of halogens is 1. The first-order valence-electron chi connectivity index (χ1n) is 15.2. The van der Waals surface area contributed by atoms with Crippen LogP contribution in [0, 0.1) is 17.8 Å². The molecule has 1 saturated carbocycles. The Morgan fingerprint density at radius 3 is 2.60 bits per heavy atom. The van der Waals surface area contributed by atoms with Gasteiger partial charge in [-0.1, -0.05) is 12.0 Å². The molecule has 0 radical (unpaired) electrons. The van der Waals surface area contributed by atoms with Crippen molar-refractivity contribution < 1.29 is 22.3 Å². The van der Waals surface area contributed by atoms with Crippen LogP contribution in [0.4, 0.5) is 27.7 Å². The standard InChI is InChI=1S/C32H38FN7O4S/c1-4-5-31(41)36-26-8-6-22(26)21-7-9-27(40-16-20(17-40)19-45(3,42)43)24-15-35-30(14-23(21)24)37-29-10-12-34-32(38-29)39-13-11-28(44-2)25(33)18-39/h7,9-10,12,14-15,20,22,25-26,28H,6,8,11,13,16-19H2,1-3H3,(H,36,41)(H,34,35,37,38)/t22-,25+,26+,28-/m1/s1. The van der Waals surface area contributed by atoms with Gasteiger partial charge in [0.25, 0.3) is 5.91 Å². The number of amides is 1. The maximum Gasteiger partial charge on any atom is 0.296 e. The van der Waals surface area contributed by atoms with Crippen molar-refractivity contribution in [3.05, 3.63) is 42.2 Å². The minimum absolute atomic E-state index is 0.0221. The first-order valence-corrected chi connectivity index (χ1v) is 17.3. The van der Waals surface area contributed by atoms with Gasteiger partial charge in [-0.25, -0.2) is 22.8 Å². The molecule has 238 valence electrons. The molecule has 1 aromatic carbocycles. The number of carbonyl (C=O) groups is 1. The first-order chi connectivity index (χ1) is 21.6. The molecule has 3 aromatic rings. The Hall–Kier alpha value is -4.02. The number of pyridine rings is 1. The normalized spacial score (nSPS) is 23.5. The average Bonchev–Trinajstić information content (AvgIpc) is 2.97. The van der Waals surface area contributed by atoms with Gasteiger partial charge >= 0.3 is 0 Å². The topological polar surface area (TPSA) is 130 Å². The summed E-state index contributed by atoms with van der Waals surface area (Å²) in [4.78, 5) is 30.0. The largest absolute Gasteiger partial charge is 0.378 e. The first kappa shape index (κ1) is 31.0. The second-order valence-electron chi connectivity index (χ2n) is 12.2. The highest BCUT2D eigenvalue weighted by atomic mass is 32.2. The highest BCUT2D eigenvalue weighted by Gasteiger charge is 2.36. The Kier molecular flexibility index (Phi) is 8.79. The second-order valence-corrected chi connectivity index (χ2v) is 14.4. The van der Waals surface area contributed by atoms with Crippen molar-refractivity contribution in [2.75, 3.05) is 60.4 Å². The molecule has 4 heterocycles. The maximum atomic E-state index is 14.6. The van der Waals surface area contributed by atoms with Crippen LogP contribution >= 0.6 is 0 Å². The van der Waals surface area contributed by atoms with Gasteiger partial charge in [0, 0.05) is 74.3 Å². The Morgan fingerprint density at radius 1 is 1.09 bits per heavy atom. The lowest BCUT2D eigenvalue weighted by Gasteiger charge is -2.42. The van der Waals surface area contributed by atoms with Crippen molar-refractivity contribution >= 4 is 49.8 Å². The van der Waals surface area contributed by atoms with E-state index in [4.69, 9.17) is 9.72 Å². The monoisotopic (exact) mass is 635 g/mol. The van der Waals surface area contributed by atoms with E-state index in [2.05, 4.69) is 49.5 Å². The Labute approximate surface area is 262 Å². The SMILES string of the molecule is CC#CC(=O)N[C@H]1CC[C@@H]1c1ccc(N2CC(CS(C)(=O)=O)C2)c2cnc(Nc3ccnc(N4CC[C@@H](OC)[C@@H](F)C4)n3)cc12. The lowest BCUT2D eigenvalue weighted by Crippen LogP contribution is -2.49. The van der Waals surface area contributed by atoms with Gasteiger partial charge in [0.1, 0.15) is 27.6 Å². The van der Waals surface area contributed by atoms with E-state index >= 15 is 0 Å². The van der Waals surface area contributed by atoms with Crippen LogP contribution in [0.25, 0.3) is 10.8 Å². The van der Waals surface area contributed by atoms with Crippen LogP contribution in [-0.4, -0.2) is 92.9 Å². The average molecular weight is 636 g/mol. The van der Waals surface area contributed by atoms with Crippen molar-refractivity contribution in [1.82, 2.24) is 20.3 Å². The molecule has 0 unspecified atom stereocenters. The summed E-state index contributed by atoms with van der Waals surface area (Å²) in [6, 6.07) is 7.91. The van der Waals surface area contributed by atoms with E-state index in [9.17, 15) is 17.6 Å². The van der Waals surface area contributed by atoms with Gasteiger partial charge in [0.05, 0.1) is 18.4 Å². The van der Waals surface area contributed by atoms with E-state index < -0.39 is 22.1 Å². The van der Waals surface area contributed by atoms with Crippen molar-refractivity contribution in [3.63, 3.8) is 0 Å². The number of hydrogen-bond donors (Lipinski definition) is 2. The van der Waals surface area contributed by atoms with Gasteiger partial charge in [-0.2, -0.15) is 4.98 Å². The number of alkyl halides is 1. The number of nitrogens with zero attached hydrogens (tertiary/aromatic N) is 5. The van der Waals surface area contributed by atoms with E-state index in [-0.39, 0.29) is 36.1 Å². The summed E-state index contributed by atoms with van der Waals surface area (Å²) < 4.78 is 43.5. The fraction of sp³-hybridized carbons (Fsp3) is 0.500. The van der Waals surface area contributed by atoms with Gasteiger partial charge < -0.3 is 25.2 Å². The molecule has 3 aliphatic rings. The number of ether oxygens (including phenoxy) is 1. The molecule has 3 fully saturated rings. The summed E-state index contributed by atoms with van der Waals surface area (Å²) in [7, 11) is -1.52. The molecule has 1 amide bonds. The molecule has 4 atom stereocenters. The van der Waals surface area contributed by atoms with Gasteiger partial charge in [-0.15, -0.1) is 0 Å². The summed E-state index contributed by atoms with van der Waals surface area (Å²) in [6.45, 7) is 3.71. The van der Waals surface area contributed by atoms with E-state index in [1.165, 1.54) is 13.4 Å². The quantitative estimate of drug-likeness (QED) is 0.338. The summed E-state index contributed by atoms with van der Waals surface area (Å²) >= 11 is 0. The van der Waals surface area contributed by atoms with Crippen LogP contribution in [0.5, 0.6) is 0 Å². The molecule has 6 rings (SSSR count). The van der Waals surface area contributed by atoms with Gasteiger partial charge in [-0.3, -0.25) is 4.79 Å². The zero-order chi connectivity index (χ0) is 31.7. The number of anilines is 4. The summed E-state index contributed by atoms with van der Waals surface area (Å²) in [5.41, 5.74) is 2.10. The summed E-state index contributed by atoms with van der Waals surface area (Å²) in [5, 5.41) is 8.31. The number of hydrogen-bond acceptors (Lipinski definition) is 10.